The summed E-state index contributed by atoms with van der Waals surface area (Å²) in [6.45, 7) is 5.50. The fraction of sp³-hybridized carbons (Fsp3) is 1.00. The van der Waals surface area contributed by atoms with Gasteiger partial charge < -0.3 is 4.74 Å². The summed E-state index contributed by atoms with van der Waals surface area (Å²) in [6.07, 6.45) is 6.70. The predicted octanol–water partition coefficient (Wildman–Crippen LogP) is 3.68. The maximum atomic E-state index is 5.73. The summed E-state index contributed by atoms with van der Waals surface area (Å²) in [5, 5.41) is 0. The van der Waals surface area contributed by atoms with Crippen LogP contribution in [-0.2, 0) is 4.74 Å². The molecule has 0 aromatic carbocycles. The van der Waals surface area contributed by atoms with Gasteiger partial charge in [0.25, 0.3) is 0 Å². The highest BCUT2D eigenvalue weighted by Gasteiger charge is 2.18. The van der Waals surface area contributed by atoms with Crippen molar-refractivity contribution in [2.75, 3.05) is 12.4 Å². The summed E-state index contributed by atoms with van der Waals surface area (Å²) in [4.78, 5) is 0. The van der Waals surface area contributed by atoms with Crippen LogP contribution in [0.25, 0.3) is 0 Å². The van der Waals surface area contributed by atoms with Crippen molar-refractivity contribution in [1.29, 1.82) is 0 Å². The van der Waals surface area contributed by atoms with Crippen molar-refractivity contribution in [3.8, 4) is 0 Å². The first-order chi connectivity index (χ1) is 6.33. The van der Waals surface area contributed by atoms with Gasteiger partial charge in [-0.25, -0.2) is 0 Å². The minimum atomic E-state index is 0.507. The van der Waals surface area contributed by atoms with Crippen molar-refractivity contribution in [2.24, 2.45) is 5.92 Å². The lowest BCUT2D eigenvalue weighted by Crippen LogP contribution is -2.22. The zero-order valence-corrected chi connectivity index (χ0v) is 9.74. The fourth-order valence-electron chi connectivity index (χ4n) is 1.54. The van der Waals surface area contributed by atoms with Crippen LogP contribution in [0.2, 0.25) is 0 Å². The Morgan fingerprint density at radius 1 is 1.31 bits per heavy atom. The molecule has 0 aromatic heterocycles. The van der Waals surface area contributed by atoms with Gasteiger partial charge in [-0.1, -0.05) is 33.1 Å². The van der Waals surface area contributed by atoms with Gasteiger partial charge in [0.05, 0.1) is 6.61 Å². The summed E-state index contributed by atoms with van der Waals surface area (Å²) >= 11 is 2.01. The van der Waals surface area contributed by atoms with E-state index in [0.29, 0.717) is 5.44 Å². The lowest BCUT2D eigenvalue weighted by atomic mass is 10.1. The van der Waals surface area contributed by atoms with Crippen molar-refractivity contribution >= 4 is 11.8 Å². The van der Waals surface area contributed by atoms with Crippen LogP contribution in [0, 0.1) is 5.92 Å². The van der Waals surface area contributed by atoms with Crippen LogP contribution in [0.1, 0.15) is 46.0 Å². The summed E-state index contributed by atoms with van der Waals surface area (Å²) < 4.78 is 5.73. The largest absolute Gasteiger partial charge is 0.367 e. The molecule has 1 heterocycles. The Kier molecular flexibility index (Phi) is 5.88. The quantitative estimate of drug-likeness (QED) is 0.629. The van der Waals surface area contributed by atoms with Gasteiger partial charge in [-0.3, -0.25) is 0 Å². The van der Waals surface area contributed by atoms with Crippen LogP contribution < -0.4 is 0 Å². The standard InChI is InChI=1S/C11H22OS/c1-3-4-5-6-7-11-12-8-10(2)9-13-11/h10-11H,3-9H2,1-2H3. The molecule has 1 fully saturated rings. The molecule has 0 radical (unpaired) electrons. The minimum absolute atomic E-state index is 0.507. The van der Waals surface area contributed by atoms with Gasteiger partial charge in [0, 0.05) is 5.75 Å². The lowest BCUT2D eigenvalue weighted by Gasteiger charge is -2.26. The van der Waals surface area contributed by atoms with E-state index in [0.717, 1.165) is 12.5 Å². The molecular weight excluding hydrogens is 180 g/mol. The van der Waals surface area contributed by atoms with E-state index < -0.39 is 0 Å². The molecule has 0 amide bonds. The highest BCUT2D eigenvalue weighted by atomic mass is 32.2. The molecule has 2 atom stereocenters. The van der Waals surface area contributed by atoms with Crippen LogP contribution >= 0.6 is 11.8 Å². The molecule has 1 saturated heterocycles. The Morgan fingerprint density at radius 2 is 2.15 bits per heavy atom. The van der Waals surface area contributed by atoms with Gasteiger partial charge in [-0.2, -0.15) is 0 Å². The average molecular weight is 202 g/mol. The van der Waals surface area contributed by atoms with Gasteiger partial charge in [0.1, 0.15) is 5.44 Å². The maximum Gasteiger partial charge on any atom is 0.103 e. The van der Waals surface area contributed by atoms with Crippen LogP contribution in [-0.4, -0.2) is 17.8 Å². The van der Waals surface area contributed by atoms with Gasteiger partial charge in [0.15, 0.2) is 0 Å². The molecule has 1 rings (SSSR count). The Morgan fingerprint density at radius 3 is 2.77 bits per heavy atom. The van der Waals surface area contributed by atoms with E-state index in [2.05, 4.69) is 13.8 Å². The molecule has 78 valence electrons. The van der Waals surface area contributed by atoms with E-state index >= 15 is 0 Å². The fourth-order valence-corrected chi connectivity index (χ4v) is 2.69. The van der Waals surface area contributed by atoms with Crippen LogP contribution in [0.3, 0.4) is 0 Å². The zero-order chi connectivity index (χ0) is 9.52. The molecule has 1 nitrogen and oxygen atoms in total. The third-order valence-electron chi connectivity index (χ3n) is 2.43. The third kappa shape index (κ3) is 4.92. The lowest BCUT2D eigenvalue weighted by molar-refractivity contribution is 0.0750. The highest BCUT2D eigenvalue weighted by molar-refractivity contribution is 7.99. The third-order valence-corrected chi connectivity index (χ3v) is 3.93. The second-order valence-electron chi connectivity index (χ2n) is 4.05. The minimum Gasteiger partial charge on any atom is -0.367 e. The van der Waals surface area contributed by atoms with Gasteiger partial charge >= 0.3 is 0 Å². The first-order valence-electron chi connectivity index (χ1n) is 5.56. The van der Waals surface area contributed by atoms with Crippen LogP contribution in [0.5, 0.6) is 0 Å². The Hall–Kier alpha value is 0.310. The number of thioether (sulfide) groups is 1. The topological polar surface area (TPSA) is 9.23 Å². The van der Waals surface area contributed by atoms with Crippen molar-refractivity contribution in [2.45, 2.75) is 51.4 Å². The second kappa shape index (κ2) is 6.72. The Balaban J connectivity index is 1.96. The number of hydrogen-bond acceptors (Lipinski definition) is 2. The van der Waals surface area contributed by atoms with Gasteiger partial charge in [-0.05, 0) is 18.8 Å². The molecule has 0 saturated carbocycles. The SMILES string of the molecule is CCCCCCC1OCC(C)CS1. The van der Waals surface area contributed by atoms with Crippen LogP contribution in [0.15, 0.2) is 0 Å². The number of unbranched alkanes of at least 4 members (excludes halogenated alkanes) is 3. The molecule has 0 aliphatic carbocycles. The number of ether oxygens (including phenoxy) is 1. The van der Waals surface area contributed by atoms with Crippen molar-refractivity contribution < 1.29 is 4.74 Å². The van der Waals surface area contributed by atoms with E-state index in [1.807, 2.05) is 11.8 Å². The molecule has 1 aliphatic rings. The average Bonchev–Trinajstić information content (AvgIpc) is 2.15. The monoisotopic (exact) mass is 202 g/mol. The number of hydrogen-bond donors (Lipinski definition) is 0. The maximum absolute atomic E-state index is 5.73. The van der Waals surface area contributed by atoms with Crippen molar-refractivity contribution in [3.63, 3.8) is 0 Å². The van der Waals surface area contributed by atoms with E-state index in [4.69, 9.17) is 4.74 Å². The zero-order valence-electron chi connectivity index (χ0n) is 8.92. The van der Waals surface area contributed by atoms with E-state index in [1.54, 1.807) is 0 Å². The molecular formula is C11H22OS. The molecule has 2 heteroatoms. The predicted molar refractivity (Wildman–Crippen MR) is 60.1 cm³/mol. The Bertz CT molecular complexity index is 119. The first-order valence-corrected chi connectivity index (χ1v) is 6.61. The van der Waals surface area contributed by atoms with E-state index in [-0.39, 0.29) is 0 Å². The summed E-state index contributed by atoms with van der Waals surface area (Å²) in [5.74, 6) is 2.05. The van der Waals surface area contributed by atoms with Gasteiger partial charge in [0.2, 0.25) is 0 Å². The summed E-state index contributed by atoms with van der Waals surface area (Å²) in [6, 6.07) is 0. The van der Waals surface area contributed by atoms with Crippen molar-refractivity contribution in [3.05, 3.63) is 0 Å². The molecule has 1 aliphatic heterocycles. The molecule has 0 spiro atoms. The van der Waals surface area contributed by atoms with E-state index in [9.17, 15) is 0 Å². The van der Waals surface area contributed by atoms with E-state index in [1.165, 1.54) is 37.9 Å². The molecule has 0 N–H and O–H groups in total. The molecule has 0 aromatic rings. The smallest absolute Gasteiger partial charge is 0.103 e. The Labute approximate surface area is 86.6 Å². The highest BCUT2D eigenvalue weighted by Crippen LogP contribution is 2.26. The second-order valence-corrected chi connectivity index (χ2v) is 5.24. The van der Waals surface area contributed by atoms with Crippen LogP contribution in [0.4, 0.5) is 0 Å². The van der Waals surface area contributed by atoms with Crippen molar-refractivity contribution in [1.82, 2.24) is 0 Å². The summed E-state index contributed by atoms with van der Waals surface area (Å²) in [5.41, 5.74) is 0.507. The molecule has 0 bridgehead atoms. The normalized spacial score (nSPS) is 29.1. The molecule has 13 heavy (non-hydrogen) atoms. The van der Waals surface area contributed by atoms with Gasteiger partial charge in [-0.15, -0.1) is 11.8 Å². The summed E-state index contributed by atoms with van der Waals surface area (Å²) in [7, 11) is 0. The molecule has 2 unspecified atom stereocenters. The number of rotatable bonds is 5. The first kappa shape index (κ1) is 11.4.